The van der Waals surface area contributed by atoms with Crippen LogP contribution in [0.25, 0.3) is 0 Å². The van der Waals surface area contributed by atoms with Crippen molar-refractivity contribution in [3.8, 4) is 0 Å². The van der Waals surface area contributed by atoms with Gasteiger partial charge in [-0.05, 0) is 37.0 Å². The van der Waals surface area contributed by atoms with E-state index in [4.69, 9.17) is 11.6 Å². The first-order chi connectivity index (χ1) is 14.5. The van der Waals surface area contributed by atoms with Gasteiger partial charge in [-0.2, -0.15) is 0 Å². The van der Waals surface area contributed by atoms with Crippen molar-refractivity contribution in [1.29, 1.82) is 0 Å². The van der Waals surface area contributed by atoms with Gasteiger partial charge in [0.2, 0.25) is 0 Å². The molecule has 1 aromatic heterocycles. The van der Waals surface area contributed by atoms with E-state index in [-0.39, 0.29) is 23.4 Å². The Balaban J connectivity index is 1.97. The van der Waals surface area contributed by atoms with E-state index in [1.165, 1.54) is 0 Å². The summed E-state index contributed by atoms with van der Waals surface area (Å²) in [5, 5.41) is 3.48. The van der Waals surface area contributed by atoms with Gasteiger partial charge in [0, 0.05) is 35.6 Å². The minimum atomic E-state index is -0.354. The second-order valence-corrected chi connectivity index (χ2v) is 7.83. The van der Waals surface area contributed by atoms with Crippen LogP contribution in [0.5, 0.6) is 0 Å². The van der Waals surface area contributed by atoms with Gasteiger partial charge in [-0.25, -0.2) is 0 Å². The van der Waals surface area contributed by atoms with Crippen molar-refractivity contribution >= 4 is 17.5 Å². The van der Waals surface area contributed by atoms with Gasteiger partial charge in [0.25, 0.3) is 5.91 Å². The lowest BCUT2D eigenvalue weighted by Crippen LogP contribution is -2.32. The molecule has 1 amide bonds. The summed E-state index contributed by atoms with van der Waals surface area (Å²) in [5.74, 6) is -0.354. The molecule has 30 heavy (non-hydrogen) atoms. The third-order valence-electron chi connectivity index (χ3n) is 5.20. The van der Waals surface area contributed by atoms with E-state index in [0.717, 1.165) is 35.4 Å². The summed E-state index contributed by atoms with van der Waals surface area (Å²) >= 11 is 6.20. The number of pyridine rings is 1. The molecule has 156 valence electrons. The monoisotopic (exact) mass is 422 g/mol. The van der Waals surface area contributed by atoms with Crippen molar-refractivity contribution in [2.45, 2.75) is 46.2 Å². The molecule has 1 heterocycles. The maximum atomic E-state index is 13.1. The van der Waals surface area contributed by atoms with Crippen LogP contribution < -0.4 is 10.7 Å². The minimum Gasteiger partial charge on any atom is -0.348 e. The van der Waals surface area contributed by atoms with Crippen LogP contribution in [0, 0.1) is 6.92 Å². The summed E-state index contributed by atoms with van der Waals surface area (Å²) in [5.41, 5.74) is 3.60. The minimum absolute atomic E-state index is 0.233. The fourth-order valence-electron chi connectivity index (χ4n) is 3.57. The summed E-state index contributed by atoms with van der Waals surface area (Å²) in [6.45, 7) is 4.92. The molecule has 4 nitrogen and oxygen atoms in total. The Kier molecular flexibility index (Phi) is 7.47. The number of unbranched alkanes of at least 4 members (excludes halogenated alkanes) is 1. The van der Waals surface area contributed by atoms with Gasteiger partial charge in [0.1, 0.15) is 5.56 Å². The van der Waals surface area contributed by atoms with Gasteiger partial charge < -0.3 is 9.88 Å². The Morgan fingerprint density at radius 3 is 2.47 bits per heavy atom. The van der Waals surface area contributed by atoms with Gasteiger partial charge >= 0.3 is 0 Å². The number of aromatic nitrogens is 1. The number of halogens is 1. The van der Waals surface area contributed by atoms with Crippen LogP contribution in [0.15, 0.2) is 65.5 Å². The smallest absolute Gasteiger partial charge is 0.257 e. The van der Waals surface area contributed by atoms with Gasteiger partial charge in [0.15, 0.2) is 5.43 Å². The van der Waals surface area contributed by atoms with Crippen LogP contribution in [0.2, 0.25) is 5.02 Å². The Morgan fingerprint density at radius 1 is 1.07 bits per heavy atom. The van der Waals surface area contributed by atoms with E-state index in [2.05, 4.69) is 28.9 Å². The number of benzene rings is 2. The first kappa shape index (κ1) is 21.8. The summed E-state index contributed by atoms with van der Waals surface area (Å²) in [6, 6.07) is 19.0. The number of amides is 1. The van der Waals surface area contributed by atoms with Crippen molar-refractivity contribution in [1.82, 2.24) is 9.88 Å². The molecule has 0 saturated heterocycles. The van der Waals surface area contributed by atoms with Crippen molar-refractivity contribution in [2.24, 2.45) is 0 Å². The molecule has 0 saturated carbocycles. The number of hydrogen-bond donors (Lipinski definition) is 1. The Hall–Kier alpha value is -2.85. The molecular formula is C25H27ClN2O2. The highest BCUT2D eigenvalue weighted by Crippen LogP contribution is 2.17. The highest BCUT2D eigenvalue weighted by molar-refractivity contribution is 6.31. The lowest BCUT2D eigenvalue weighted by atomic mass is 10.0. The zero-order chi connectivity index (χ0) is 21.5. The molecule has 0 aliphatic carbocycles. The van der Waals surface area contributed by atoms with E-state index in [1.54, 1.807) is 12.1 Å². The topological polar surface area (TPSA) is 51.1 Å². The van der Waals surface area contributed by atoms with Gasteiger partial charge in [-0.15, -0.1) is 0 Å². The predicted octanol–water partition coefficient (Wildman–Crippen LogP) is 5.13. The number of carbonyl (C=O) groups excluding carboxylic acids is 1. The third kappa shape index (κ3) is 5.19. The summed E-state index contributed by atoms with van der Waals surface area (Å²) in [7, 11) is 0. The first-order valence-electron chi connectivity index (χ1n) is 10.3. The summed E-state index contributed by atoms with van der Waals surface area (Å²) < 4.78 is 2.09. The molecule has 5 heteroatoms. The van der Waals surface area contributed by atoms with E-state index in [0.29, 0.717) is 18.0 Å². The SMILES string of the molecule is CCCCc1c(C(=O)NCc2ccccc2Cl)c(=O)cc(C)n1Cc1ccccc1. The molecule has 3 rings (SSSR count). The molecule has 1 N–H and O–H groups in total. The molecule has 3 aromatic rings. The van der Waals surface area contributed by atoms with Crippen molar-refractivity contribution < 1.29 is 4.79 Å². The molecule has 2 aromatic carbocycles. The van der Waals surface area contributed by atoms with Crippen LogP contribution >= 0.6 is 11.6 Å². The molecule has 0 unspecified atom stereocenters. The molecule has 0 radical (unpaired) electrons. The number of nitrogens with zero attached hydrogens (tertiary/aromatic N) is 1. The fourth-order valence-corrected chi connectivity index (χ4v) is 3.77. The predicted molar refractivity (Wildman–Crippen MR) is 122 cm³/mol. The molecular weight excluding hydrogens is 396 g/mol. The van der Waals surface area contributed by atoms with Gasteiger partial charge in [0.05, 0.1) is 0 Å². The van der Waals surface area contributed by atoms with Crippen molar-refractivity contribution in [2.75, 3.05) is 0 Å². The standard InChI is InChI=1S/C25H27ClN2O2/c1-3-4-14-22-24(25(30)27-16-20-12-8-9-13-21(20)26)23(29)15-18(2)28(22)17-19-10-6-5-7-11-19/h5-13,15H,3-4,14,16-17H2,1-2H3,(H,27,30). The summed E-state index contributed by atoms with van der Waals surface area (Å²) in [4.78, 5) is 25.9. The average molecular weight is 423 g/mol. The maximum absolute atomic E-state index is 13.1. The zero-order valence-corrected chi connectivity index (χ0v) is 18.2. The highest BCUT2D eigenvalue weighted by atomic mass is 35.5. The average Bonchev–Trinajstić information content (AvgIpc) is 2.74. The molecule has 0 aliphatic heterocycles. The maximum Gasteiger partial charge on any atom is 0.257 e. The second-order valence-electron chi connectivity index (χ2n) is 7.42. The van der Waals surface area contributed by atoms with Crippen LogP contribution in [0.1, 0.15) is 52.6 Å². The Bertz CT molecular complexity index is 1070. The molecule has 0 atom stereocenters. The normalized spacial score (nSPS) is 10.8. The number of aryl methyl sites for hydroxylation is 1. The largest absolute Gasteiger partial charge is 0.348 e. The number of carbonyl (C=O) groups is 1. The van der Waals surface area contributed by atoms with Crippen LogP contribution in [-0.4, -0.2) is 10.5 Å². The zero-order valence-electron chi connectivity index (χ0n) is 17.5. The lowest BCUT2D eigenvalue weighted by Gasteiger charge is -2.20. The summed E-state index contributed by atoms with van der Waals surface area (Å²) in [6.07, 6.45) is 2.56. The fraction of sp³-hybridized carbons (Fsp3) is 0.280. The van der Waals surface area contributed by atoms with Crippen LogP contribution in [0.4, 0.5) is 0 Å². The lowest BCUT2D eigenvalue weighted by molar-refractivity contribution is 0.0947. The van der Waals surface area contributed by atoms with Gasteiger partial charge in [-0.3, -0.25) is 9.59 Å². The van der Waals surface area contributed by atoms with Crippen LogP contribution in [0.3, 0.4) is 0 Å². The van der Waals surface area contributed by atoms with Crippen molar-refractivity contribution in [3.63, 3.8) is 0 Å². The Labute approximate surface area is 182 Å². The van der Waals surface area contributed by atoms with Gasteiger partial charge in [-0.1, -0.05) is 73.5 Å². The first-order valence-corrected chi connectivity index (χ1v) is 10.7. The number of nitrogens with one attached hydrogen (secondary N) is 1. The van der Waals surface area contributed by atoms with Crippen molar-refractivity contribution in [3.05, 3.63) is 104 Å². The van der Waals surface area contributed by atoms with E-state index >= 15 is 0 Å². The molecule has 0 spiro atoms. The Morgan fingerprint density at radius 2 is 1.77 bits per heavy atom. The molecule has 0 aliphatic rings. The third-order valence-corrected chi connectivity index (χ3v) is 5.57. The number of hydrogen-bond acceptors (Lipinski definition) is 2. The quantitative estimate of drug-likeness (QED) is 0.547. The van der Waals surface area contributed by atoms with E-state index in [9.17, 15) is 9.59 Å². The molecule has 0 bridgehead atoms. The van der Waals surface area contributed by atoms with E-state index < -0.39 is 0 Å². The molecule has 0 fully saturated rings. The van der Waals surface area contributed by atoms with Crippen LogP contribution in [-0.2, 0) is 19.5 Å². The number of rotatable bonds is 8. The van der Waals surface area contributed by atoms with E-state index in [1.807, 2.05) is 43.3 Å². The highest BCUT2D eigenvalue weighted by Gasteiger charge is 2.20. The second kappa shape index (κ2) is 10.3.